The summed E-state index contributed by atoms with van der Waals surface area (Å²) in [5.41, 5.74) is 1.06. The Morgan fingerprint density at radius 2 is 1.89 bits per heavy atom. The van der Waals surface area contributed by atoms with Gasteiger partial charge in [-0.3, -0.25) is 19.1 Å². The molecular formula is C25H21F2N5O3S. The number of hydrogen-bond acceptors (Lipinski definition) is 6. The molecule has 8 nitrogen and oxygen atoms in total. The van der Waals surface area contributed by atoms with E-state index in [1.807, 2.05) is 6.07 Å². The van der Waals surface area contributed by atoms with Crippen molar-refractivity contribution in [3.63, 3.8) is 0 Å². The Balaban J connectivity index is 1.44. The van der Waals surface area contributed by atoms with E-state index in [9.17, 15) is 23.2 Å². The number of amides is 2. The van der Waals surface area contributed by atoms with Gasteiger partial charge >= 0.3 is 0 Å². The summed E-state index contributed by atoms with van der Waals surface area (Å²) in [4.78, 5) is 42.2. The third-order valence-corrected chi connectivity index (χ3v) is 6.00. The highest BCUT2D eigenvalue weighted by Crippen LogP contribution is 2.23. The van der Waals surface area contributed by atoms with Gasteiger partial charge in [-0.2, -0.15) is 5.10 Å². The molecular weight excluding hydrogens is 488 g/mol. The van der Waals surface area contributed by atoms with Crippen molar-refractivity contribution < 1.29 is 23.2 Å². The Hall–Kier alpha value is -4.25. The summed E-state index contributed by atoms with van der Waals surface area (Å²) in [6, 6.07) is 10.9. The summed E-state index contributed by atoms with van der Waals surface area (Å²) < 4.78 is 28.8. The number of benzene rings is 2. The second-order valence-corrected chi connectivity index (χ2v) is 8.81. The highest BCUT2D eigenvalue weighted by atomic mass is 32.1. The SMILES string of the molecule is O=C(Cn1cc(-c2cc(F)ccc2F)cn1)N[C@H](Cc1ccccc1)C(=O)C(=O)NCc1nccs1. The van der Waals surface area contributed by atoms with E-state index in [4.69, 9.17) is 0 Å². The van der Waals surface area contributed by atoms with Crippen LogP contribution in [-0.4, -0.2) is 38.4 Å². The monoisotopic (exact) mass is 509 g/mol. The van der Waals surface area contributed by atoms with Crippen LogP contribution in [-0.2, 0) is 33.9 Å². The fourth-order valence-electron chi connectivity index (χ4n) is 3.50. The van der Waals surface area contributed by atoms with Crippen LogP contribution in [0.25, 0.3) is 11.1 Å². The number of rotatable bonds is 10. The smallest absolute Gasteiger partial charge is 0.289 e. The minimum atomic E-state index is -1.12. The zero-order chi connectivity index (χ0) is 25.5. The van der Waals surface area contributed by atoms with Gasteiger partial charge in [0.05, 0.1) is 12.7 Å². The third-order valence-electron chi connectivity index (χ3n) is 5.22. The number of hydrogen-bond donors (Lipinski definition) is 2. The first-order valence-corrected chi connectivity index (χ1v) is 11.8. The van der Waals surface area contributed by atoms with Crippen LogP contribution in [0.1, 0.15) is 10.6 Å². The fourth-order valence-corrected chi connectivity index (χ4v) is 4.05. The van der Waals surface area contributed by atoms with Crippen molar-refractivity contribution in [2.75, 3.05) is 0 Å². The van der Waals surface area contributed by atoms with Gasteiger partial charge in [-0.15, -0.1) is 11.3 Å². The van der Waals surface area contributed by atoms with Crippen molar-refractivity contribution in [3.8, 4) is 11.1 Å². The number of aromatic nitrogens is 3. The summed E-state index contributed by atoms with van der Waals surface area (Å²) in [7, 11) is 0. The lowest BCUT2D eigenvalue weighted by Gasteiger charge is -2.17. The molecule has 184 valence electrons. The maximum Gasteiger partial charge on any atom is 0.289 e. The number of halogens is 2. The average Bonchev–Trinajstić information content (AvgIpc) is 3.56. The predicted molar refractivity (Wildman–Crippen MR) is 129 cm³/mol. The molecule has 2 heterocycles. The van der Waals surface area contributed by atoms with Crippen molar-refractivity contribution in [2.45, 2.75) is 25.6 Å². The third kappa shape index (κ3) is 6.45. The highest BCUT2D eigenvalue weighted by Gasteiger charge is 2.27. The van der Waals surface area contributed by atoms with Gasteiger partial charge in [0.1, 0.15) is 29.2 Å². The normalized spacial score (nSPS) is 11.6. The maximum atomic E-state index is 14.1. The molecule has 2 aromatic carbocycles. The molecule has 0 aliphatic carbocycles. The van der Waals surface area contributed by atoms with Crippen LogP contribution in [0.4, 0.5) is 8.78 Å². The highest BCUT2D eigenvalue weighted by molar-refractivity contribution is 7.09. The molecule has 0 fully saturated rings. The minimum Gasteiger partial charge on any atom is -0.344 e. The number of nitrogens with zero attached hydrogens (tertiary/aromatic N) is 3. The Morgan fingerprint density at radius 3 is 2.64 bits per heavy atom. The quantitative estimate of drug-likeness (QED) is 0.320. The first-order chi connectivity index (χ1) is 17.4. The molecule has 0 saturated carbocycles. The van der Waals surface area contributed by atoms with Gasteiger partial charge in [0, 0.05) is 35.3 Å². The molecule has 0 bridgehead atoms. The molecule has 2 N–H and O–H groups in total. The van der Waals surface area contributed by atoms with Gasteiger partial charge in [0.15, 0.2) is 0 Å². The second kappa shape index (κ2) is 11.5. The van der Waals surface area contributed by atoms with Gasteiger partial charge < -0.3 is 10.6 Å². The van der Waals surface area contributed by atoms with Crippen LogP contribution >= 0.6 is 11.3 Å². The molecule has 0 unspecified atom stereocenters. The Labute approximate surface area is 209 Å². The number of ketones is 1. The van der Waals surface area contributed by atoms with E-state index >= 15 is 0 Å². The number of carbonyl (C=O) groups excluding carboxylic acids is 3. The largest absolute Gasteiger partial charge is 0.344 e. The minimum absolute atomic E-state index is 0.00990. The molecule has 0 aliphatic heterocycles. The molecule has 0 aliphatic rings. The van der Waals surface area contributed by atoms with E-state index in [1.54, 1.807) is 35.8 Å². The van der Waals surface area contributed by atoms with Crippen LogP contribution in [0.5, 0.6) is 0 Å². The Morgan fingerprint density at radius 1 is 1.08 bits per heavy atom. The molecule has 0 saturated heterocycles. The molecule has 4 aromatic rings. The van der Waals surface area contributed by atoms with Gasteiger partial charge in [0.2, 0.25) is 11.7 Å². The Kier molecular flexibility index (Phi) is 7.91. The van der Waals surface area contributed by atoms with Crippen LogP contribution in [0.2, 0.25) is 0 Å². The molecule has 0 spiro atoms. The van der Waals surface area contributed by atoms with Crippen LogP contribution in [0, 0.1) is 11.6 Å². The average molecular weight is 510 g/mol. The number of Topliss-reactive ketones (excluding diaryl/α,β-unsaturated/α-hetero) is 1. The molecule has 4 rings (SSSR count). The lowest BCUT2D eigenvalue weighted by Crippen LogP contribution is -2.49. The number of nitrogens with one attached hydrogen (secondary N) is 2. The first kappa shape index (κ1) is 24.9. The van der Waals surface area contributed by atoms with E-state index in [2.05, 4.69) is 20.7 Å². The van der Waals surface area contributed by atoms with Gasteiger partial charge in [-0.25, -0.2) is 13.8 Å². The first-order valence-electron chi connectivity index (χ1n) is 10.9. The Bertz CT molecular complexity index is 1360. The van der Waals surface area contributed by atoms with E-state index in [1.165, 1.54) is 28.4 Å². The lowest BCUT2D eigenvalue weighted by molar-refractivity contribution is -0.140. The fraction of sp³-hybridized carbons (Fsp3) is 0.160. The molecule has 36 heavy (non-hydrogen) atoms. The molecule has 11 heteroatoms. The zero-order valence-corrected chi connectivity index (χ0v) is 19.7. The molecule has 2 amide bonds. The van der Waals surface area contributed by atoms with Crippen molar-refractivity contribution in [2.24, 2.45) is 0 Å². The van der Waals surface area contributed by atoms with Crippen LogP contribution in [0.3, 0.4) is 0 Å². The summed E-state index contributed by atoms with van der Waals surface area (Å²) in [6.45, 7) is -0.197. The van der Waals surface area contributed by atoms with E-state index in [0.29, 0.717) is 10.6 Å². The van der Waals surface area contributed by atoms with Crippen LogP contribution in [0.15, 0.2) is 72.5 Å². The van der Waals surface area contributed by atoms with Crippen molar-refractivity contribution in [1.82, 2.24) is 25.4 Å². The summed E-state index contributed by atoms with van der Waals surface area (Å²) in [5, 5.41) is 11.6. The van der Waals surface area contributed by atoms with Crippen molar-refractivity contribution in [1.29, 1.82) is 0 Å². The van der Waals surface area contributed by atoms with Gasteiger partial charge in [-0.05, 0) is 23.8 Å². The van der Waals surface area contributed by atoms with Gasteiger partial charge in [0.25, 0.3) is 5.91 Å². The van der Waals surface area contributed by atoms with Crippen molar-refractivity contribution >= 4 is 28.9 Å². The van der Waals surface area contributed by atoms with Crippen molar-refractivity contribution in [3.05, 3.63) is 94.7 Å². The predicted octanol–water partition coefficient (Wildman–Crippen LogP) is 2.90. The standard InChI is InChI=1S/C25H21F2N5O3S/c26-18-6-7-20(27)19(11-18)17-12-30-32(14-17)15-22(33)31-21(10-16-4-2-1-3-5-16)24(34)25(35)29-13-23-28-8-9-36-23/h1-9,11-12,14,21H,10,13,15H2,(H,29,35)(H,31,33)/t21-/m1/s1. The van der Waals surface area contributed by atoms with E-state index < -0.39 is 35.3 Å². The topological polar surface area (TPSA) is 106 Å². The molecule has 2 aromatic heterocycles. The lowest BCUT2D eigenvalue weighted by atomic mass is 10.0. The molecule has 1 atom stereocenters. The summed E-state index contributed by atoms with van der Waals surface area (Å²) >= 11 is 1.34. The maximum absolute atomic E-state index is 14.1. The van der Waals surface area contributed by atoms with Crippen LogP contribution < -0.4 is 10.6 Å². The summed E-state index contributed by atoms with van der Waals surface area (Å²) in [6.07, 6.45) is 4.40. The van der Waals surface area contributed by atoms with E-state index in [-0.39, 0.29) is 25.1 Å². The second-order valence-electron chi connectivity index (χ2n) is 7.83. The number of thiazole rings is 1. The van der Waals surface area contributed by atoms with E-state index in [0.717, 1.165) is 23.8 Å². The van der Waals surface area contributed by atoms with Gasteiger partial charge in [-0.1, -0.05) is 30.3 Å². The summed E-state index contributed by atoms with van der Waals surface area (Å²) in [5.74, 6) is -3.45. The zero-order valence-electron chi connectivity index (χ0n) is 18.9. The molecule has 0 radical (unpaired) electrons. The number of carbonyl (C=O) groups is 3.